The molecule has 0 saturated heterocycles. The van der Waals surface area contributed by atoms with Crippen LogP contribution in [0.1, 0.15) is 40.9 Å². The van der Waals surface area contributed by atoms with Crippen LogP contribution in [-0.4, -0.2) is 11.8 Å². The zero-order chi connectivity index (χ0) is 20.6. The first-order chi connectivity index (χ1) is 14.1. The molecule has 0 spiro atoms. The number of carbonyl (C=O) groups excluding carboxylic acids is 2. The number of nitrogens with one attached hydrogen (secondary N) is 2. The van der Waals surface area contributed by atoms with Gasteiger partial charge in [0.15, 0.2) is 0 Å². The van der Waals surface area contributed by atoms with Crippen molar-refractivity contribution in [2.24, 2.45) is 0 Å². The van der Waals surface area contributed by atoms with Crippen molar-refractivity contribution in [3.8, 4) is 0 Å². The van der Waals surface area contributed by atoms with Crippen molar-refractivity contribution in [3.63, 3.8) is 0 Å². The van der Waals surface area contributed by atoms with Crippen molar-refractivity contribution in [1.29, 1.82) is 0 Å². The van der Waals surface area contributed by atoms with Crippen molar-refractivity contribution < 1.29 is 9.59 Å². The fraction of sp³-hybridized carbons (Fsp3) is 0.167. The summed E-state index contributed by atoms with van der Waals surface area (Å²) in [6.45, 7) is 2.08. The van der Waals surface area contributed by atoms with E-state index in [4.69, 9.17) is 11.6 Å². The Morgan fingerprint density at radius 1 is 0.897 bits per heavy atom. The number of halogens is 1. The number of amides is 2. The molecule has 2 N–H and O–H groups in total. The van der Waals surface area contributed by atoms with Crippen LogP contribution in [0.5, 0.6) is 0 Å². The number of hydrogen-bond donors (Lipinski definition) is 2. The highest BCUT2D eigenvalue weighted by atomic mass is 35.5. The van der Waals surface area contributed by atoms with Gasteiger partial charge in [0, 0.05) is 5.69 Å². The summed E-state index contributed by atoms with van der Waals surface area (Å²) in [4.78, 5) is 25.4. The molecule has 4 nitrogen and oxygen atoms in total. The van der Waals surface area contributed by atoms with Crippen LogP contribution in [0.3, 0.4) is 0 Å². The summed E-state index contributed by atoms with van der Waals surface area (Å²) in [5.74, 6) is -0.493. The first-order valence-electron chi connectivity index (χ1n) is 9.56. The first-order valence-corrected chi connectivity index (χ1v) is 9.93. The smallest absolute Gasteiger partial charge is 0.253 e. The van der Waals surface area contributed by atoms with E-state index in [-0.39, 0.29) is 18.2 Å². The predicted molar refractivity (Wildman–Crippen MR) is 117 cm³/mol. The Balaban J connectivity index is 1.74. The zero-order valence-electron chi connectivity index (χ0n) is 16.2. The molecule has 0 aliphatic carbocycles. The molecule has 0 aliphatic heterocycles. The maximum Gasteiger partial charge on any atom is 0.253 e. The van der Waals surface area contributed by atoms with E-state index in [0.29, 0.717) is 10.6 Å². The van der Waals surface area contributed by atoms with Gasteiger partial charge >= 0.3 is 0 Å². The second-order valence-corrected chi connectivity index (χ2v) is 7.13. The molecule has 1 unspecified atom stereocenters. The van der Waals surface area contributed by atoms with Crippen LogP contribution in [0.4, 0.5) is 5.69 Å². The van der Waals surface area contributed by atoms with Crippen molar-refractivity contribution in [3.05, 3.63) is 101 Å². The third kappa shape index (κ3) is 5.69. The first kappa shape index (κ1) is 20.6. The molecule has 29 heavy (non-hydrogen) atoms. The molecule has 3 aromatic rings. The van der Waals surface area contributed by atoms with Crippen LogP contribution in [0.25, 0.3) is 0 Å². The summed E-state index contributed by atoms with van der Waals surface area (Å²) in [7, 11) is 0. The maximum absolute atomic E-state index is 12.7. The summed E-state index contributed by atoms with van der Waals surface area (Å²) in [6, 6.07) is 23.6. The Kier molecular flexibility index (Phi) is 7.04. The third-order valence-electron chi connectivity index (χ3n) is 4.66. The largest absolute Gasteiger partial charge is 0.345 e. The molecule has 1 atom stereocenters. The summed E-state index contributed by atoms with van der Waals surface area (Å²) in [5.41, 5.74) is 3.17. The summed E-state index contributed by atoms with van der Waals surface area (Å²) in [5, 5.41) is 6.22. The predicted octanol–water partition coefficient (Wildman–Crippen LogP) is 5.40. The van der Waals surface area contributed by atoms with E-state index >= 15 is 0 Å². The lowest BCUT2D eigenvalue weighted by molar-refractivity contribution is -0.116. The minimum Gasteiger partial charge on any atom is -0.345 e. The Bertz CT molecular complexity index is 972. The Labute approximate surface area is 175 Å². The van der Waals surface area contributed by atoms with Crippen LogP contribution in [0, 0.1) is 0 Å². The molecule has 0 fully saturated rings. The van der Waals surface area contributed by atoms with E-state index in [1.807, 2.05) is 54.6 Å². The van der Waals surface area contributed by atoms with E-state index in [9.17, 15) is 9.59 Å². The lowest BCUT2D eigenvalue weighted by atomic mass is 10.0. The molecule has 5 heteroatoms. The molecule has 3 aromatic carbocycles. The normalized spacial score (nSPS) is 11.5. The van der Waals surface area contributed by atoms with Gasteiger partial charge in [0.2, 0.25) is 5.91 Å². The van der Waals surface area contributed by atoms with Gasteiger partial charge in [-0.3, -0.25) is 9.59 Å². The second-order valence-electron chi connectivity index (χ2n) is 6.72. The average Bonchev–Trinajstić information content (AvgIpc) is 2.74. The van der Waals surface area contributed by atoms with Gasteiger partial charge < -0.3 is 10.6 Å². The molecule has 0 bridgehead atoms. The molecule has 3 rings (SSSR count). The highest BCUT2D eigenvalue weighted by molar-refractivity contribution is 6.33. The minimum atomic E-state index is -0.477. The molecule has 0 radical (unpaired) electrons. The molecule has 0 saturated carbocycles. The van der Waals surface area contributed by atoms with Gasteiger partial charge in [0.25, 0.3) is 5.91 Å². The highest BCUT2D eigenvalue weighted by Gasteiger charge is 2.20. The van der Waals surface area contributed by atoms with Gasteiger partial charge in [0.05, 0.1) is 23.0 Å². The van der Waals surface area contributed by atoms with Crippen molar-refractivity contribution in [2.75, 3.05) is 5.32 Å². The van der Waals surface area contributed by atoms with Gasteiger partial charge in [0.1, 0.15) is 0 Å². The Hall–Kier alpha value is -3.11. The standard InChI is InChI=1S/C24H23ClN2O2/c1-2-17-12-14-19(15-13-17)26-23(28)16-22(18-8-4-3-5-9-18)27-24(29)20-10-6-7-11-21(20)25/h3-15,22H,2,16H2,1H3,(H,26,28)(H,27,29). The molecule has 0 aromatic heterocycles. The number of hydrogen-bond acceptors (Lipinski definition) is 2. The van der Waals surface area contributed by atoms with E-state index in [2.05, 4.69) is 17.6 Å². The topological polar surface area (TPSA) is 58.2 Å². The van der Waals surface area contributed by atoms with Crippen molar-refractivity contribution in [1.82, 2.24) is 5.32 Å². The quantitative estimate of drug-likeness (QED) is 0.551. The van der Waals surface area contributed by atoms with Crippen LogP contribution < -0.4 is 10.6 Å². The van der Waals surface area contributed by atoms with Gasteiger partial charge in [-0.1, -0.05) is 73.1 Å². The summed E-state index contributed by atoms with van der Waals surface area (Å²) < 4.78 is 0. The van der Waals surface area contributed by atoms with E-state index in [1.54, 1.807) is 24.3 Å². The van der Waals surface area contributed by atoms with Crippen molar-refractivity contribution >= 4 is 29.1 Å². The minimum absolute atomic E-state index is 0.107. The molecular formula is C24H23ClN2O2. The number of benzene rings is 3. The molecular weight excluding hydrogens is 384 g/mol. The highest BCUT2D eigenvalue weighted by Crippen LogP contribution is 2.21. The van der Waals surface area contributed by atoms with E-state index in [0.717, 1.165) is 17.7 Å². The Morgan fingerprint density at radius 3 is 2.21 bits per heavy atom. The summed E-state index contributed by atoms with van der Waals surface area (Å²) >= 11 is 6.15. The number of carbonyl (C=O) groups is 2. The second kappa shape index (κ2) is 9.89. The van der Waals surface area contributed by atoms with Gasteiger partial charge in [-0.25, -0.2) is 0 Å². The monoisotopic (exact) mass is 406 g/mol. The fourth-order valence-electron chi connectivity index (χ4n) is 3.04. The van der Waals surface area contributed by atoms with Crippen LogP contribution in [-0.2, 0) is 11.2 Å². The lowest BCUT2D eigenvalue weighted by Crippen LogP contribution is -2.31. The zero-order valence-corrected chi connectivity index (χ0v) is 16.9. The number of anilines is 1. The third-order valence-corrected chi connectivity index (χ3v) is 4.99. The van der Waals surface area contributed by atoms with Crippen LogP contribution in [0.15, 0.2) is 78.9 Å². The lowest BCUT2D eigenvalue weighted by Gasteiger charge is -2.19. The van der Waals surface area contributed by atoms with Gasteiger partial charge in [-0.05, 0) is 41.8 Å². The number of rotatable bonds is 7. The van der Waals surface area contributed by atoms with Crippen LogP contribution in [0.2, 0.25) is 5.02 Å². The Morgan fingerprint density at radius 2 is 1.55 bits per heavy atom. The number of aryl methyl sites for hydroxylation is 1. The molecule has 148 valence electrons. The SMILES string of the molecule is CCc1ccc(NC(=O)CC(NC(=O)c2ccccc2Cl)c2ccccc2)cc1. The molecule has 2 amide bonds. The maximum atomic E-state index is 12.7. The molecule has 0 heterocycles. The average molecular weight is 407 g/mol. The van der Waals surface area contributed by atoms with Gasteiger partial charge in [-0.2, -0.15) is 0 Å². The summed E-state index contributed by atoms with van der Waals surface area (Å²) in [6.07, 6.45) is 1.05. The van der Waals surface area contributed by atoms with Crippen molar-refractivity contribution in [2.45, 2.75) is 25.8 Å². The fourth-order valence-corrected chi connectivity index (χ4v) is 3.26. The van der Waals surface area contributed by atoms with Gasteiger partial charge in [-0.15, -0.1) is 0 Å². The van der Waals surface area contributed by atoms with E-state index < -0.39 is 6.04 Å². The van der Waals surface area contributed by atoms with Crippen LogP contribution >= 0.6 is 11.6 Å². The van der Waals surface area contributed by atoms with E-state index in [1.165, 1.54) is 5.56 Å². The molecule has 0 aliphatic rings.